The molecule has 0 aromatic heterocycles. The smallest absolute Gasteiger partial charge is 0.180 e. The van der Waals surface area contributed by atoms with Gasteiger partial charge in [-0.1, -0.05) is 13.0 Å². The van der Waals surface area contributed by atoms with Gasteiger partial charge in [-0.05, 0) is 31.4 Å². The third-order valence-corrected chi connectivity index (χ3v) is 4.60. The average molecular weight is 278 g/mol. The number of fused-ring (bicyclic) bond motifs is 2. The van der Waals surface area contributed by atoms with Gasteiger partial charge in [0.05, 0.1) is 18.1 Å². The zero-order valence-corrected chi connectivity index (χ0v) is 11.4. The van der Waals surface area contributed by atoms with Gasteiger partial charge >= 0.3 is 0 Å². The van der Waals surface area contributed by atoms with Crippen molar-refractivity contribution in [1.82, 2.24) is 0 Å². The Morgan fingerprint density at radius 3 is 2.75 bits per heavy atom. The van der Waals surface area contributed by atoms with Crippen LogP contribution in [0.5, 0.6) is 11.5 Å². The molecule has 20 heavy (non-hydrogen) atoms. The second-order valence-electron chi connectivity index (χ2n) is 6.00. The van der Waals surface area contributed by atoms with Gasteiger partial charge in [-0.2, -0.15) is 0 Å². The Balaban J connectivity index is 2.16. The van der Waals surface area contributed by atoms with E-state index in [4.69, 9.17) is 4.74 Å². The number of aliphatic hydroxyl groups is 2. The van der Waals surface area contributed by atoms with Crippen molar-refractivity contribution in [3.8, 4) is 11.5 Å². The summed E-state index contributed by atoms with van der Waals surface area (Å²) in [4.78, 5) is 12.6. The minimum Gasteiger partial charge on any atom is -0.507 e. The van der Waals surface area contributed by atoms with Crippen LogP contribution in [-0.4, -0.2) is 38.9 Å². The molecule has 1 aliphatic heterocycles. The van der Waals surface area contributed by atoms with Crippen LogP contribution >= 0.6 is 0 Å². The summed E-state index contributed by atoms with van der Waals surface area (Å²) in [6.07, 6.45) is -1.41. The van der Waals surface area contributed by atoms with Crippen molar-refractivity contribution in [2.24, 2.45) is 11.8 Å². The average Bonchev–Trinajstić information content (AvgIpc) is 2.35. The lowest BCUT2D eigenvalue weighted by atomic mass is 9.64. The molecule has 2 aliphatic rings. The third kappa shape index (κ3) is 1.60. The molecular weight excluding hydrogens is 260 g/mol. The number of phenols is 1. The van der Waals surface area contributed by atoms with E-state index in [2.05, 4.69) is 0 Å². The standard InChI is InChI=1S/C15H18O5/c1-7-6-9(17)12-13(18)11-8(16)4-3-5-10(11)20-15(12,2)14(7)19/h3-5,7,9,12,14,16-17,19H,6H2,1-2H3/t7-,9+,12-,14+,15-/m0/s1. The molecule has 0 radical (unpaired) electrons. The van der Waals surface area contributed by atoms with Gasteiger partial charge in [0.1, 0.15) is 22.7 Å². The zero-order chi connectivity index (χ0) is 14.7. The molecule has 5 atom stereocenters. The molecule has 5 nitrogen and oxygen atoms in total. The van der Waals surface area contributed by atoms with Gasteiger partial charge in [-0.3, -0.25) is 4.79 Å². The number of aliphatic hydroxyl groups excluding tert-OH is 2. The van der Waals surface area contributed by atoms with Crippen LogP contribution in [0.15, 0.2) is 18.2 Å². The molecule has 0 amide bonds. The molecule has 1 fully saturated rings. The first-order chi connectivity index (χ1) is 9.36. The highest BCUT2D eigenvalue weighted by atomic mass is 16.5. The summed E-state index contributed by atoms with van der Waals surface area (Å²) in [5, 5.41) is 30.5. The van der Waals surface area contributed by atoms with Crippen LogP contribution in [0, 0.1) is 11.8 Å². The molecule has 3 N–H and O–H groups in total. The normalized spacial score (nSPS) is 39.7. The van der Waals surface area contributed by atoms with Crippen molar-refractivity contribution in [1.29, 1.82) is 0 Å². The lowest BCUT2D eigenvalue weighted by Gasteiger charge is -2.51. The maximum atomic E-state index is 12.6. The summed E-state index contributed by atoms with van der Waals surface area (Å²) in [6.45, 7) is 3.47. The van der Waals surface area contributed by atoms with E-state index in [0.717, 1.165) is 0 Å². The molecule has 0 saturated heterocycles. The van der Waals surface area contributed by atoms with E-state index in [1.165, 1.54) is 6.07 Å². The first-order valence-corrected chi connectivity index (χ1v) is 6.77. The Kier molecular flexibility index (Phi) is 2.81. The first-order valence-electron chi connectivity index (χ1n) is 6.77. The lowest BCUT2D eigenvalue weighted by molar-refractivity contribution is -0.157. The van der Waals surface area contributed by atoms with Crippen LogP contribution in [-0.2, 0) is 0 Å². The summed E-state index contributed by atoms with van der Waals surface area (Å²) in [5.41, 5.74) is -1.08. The van der Waals surface area contributed by atoms with Crippen molar-refractivity contribution in [3.05, 3.63) is 23.8 Å². The van der Waals surface area contributed by atoms with E-state index in [9.17, 15) is 20.1 Å². The van der Waals surface area contributed by atoms with E-state index in [0.29, 0.717) is 6.42 Å². The van der Waals surface area contributed by atoms with E-state index in [-0.39, 0.29) is 28.8 Å². The number of benzene rings is 1. The summed E-state index contributed by atoms with van der Waals surface area (Å²) in [5.74, 6) is -1.30. The lowest BCUT2D eigenvalue weighted by Crippen LogP contribution is -2.65. The quantitative estimate of drug-likeness (QED) is 0.661. The van der Waals surface area contributed by atoms with Crippen LogP contribution in [0.25, 0.3) is 0 Å². The number of hydrogen-bond donors (Lipinski definition) is 3. The number of ketones is 1. The predicted octanol–water partition coefficient (Wildman–Crippen LogP) is 1.10. The van der Waals surface area contributed by atoms with Crippen molar-refractivity contribution >= 4 is 5.78 Å². The van der Waals surface area contributed by atoms with Crippen molar-refractivity contribution < 1.29 is 24.9 Å². The number of Topliss-reactive ketones (excluding diaryl/α,β-unsaturated/α-hetero) is 1. The molecule has 0 spiro atoms. The summed E-state index contributed by atoms with van der Waals surface area (Å²) in [7, 11) is 0. The van der Waals surface area contributed by atoms with E-state index >= 15 is 0 Å². The Labute approximate surface area is 116 Å². The SMILES string of the molecule is C[C@H]1C[C@@H](O)[C@H]2C(=O)c3c(O)cccc3O[C@]2(C)[C@@H]1O. The van der Waals surface area contributed by atoms with E-state index in [1.807, 2.05) is 6.92 Å². The van der Waals surface area contributed by atoms with Gasteiger partial charge in [-0.15, -0.1) is 0 Å². The Morgan fingerprint density at radius 2 is 2.05 bits per heavy atom. The number of carbonyl (C=O) groups excluding carboxylic acids is 1. The van der Waals surface area contributed by atoms with E-state index < -0.39 is 23.7 Å². The zero-order valence-electron chi connectivity index (χ0n) is 11.4. The Bertz CT molecular complexity index is 569. The molecule has 1 heterocycles. The van der Waals surface area contributed by atoms with E-state index in [1.54, 1.807) is 19.1 Å². The van der Waals surface area contributed by atoms with Gasteiger partial charge in [0.15, 0.2) is 5.78 Å². The van der Waals surface area contributed by atoms with Gasteiger partial charge < -0.3 is 20.1 Å². The summed E-state index contributed by atoms with van der Waals surface area (Å²) >= 11 is 0. The molecule has 1 aromatic rings. The van der Waals surface area contributed by atoms with Crippen molar-refractivity contribution in [2.45, 2.75) is 38.1 Å². The maximum absolute atomic E-state index is 12.6. The van der Waals surface area contributed by atoms with Gasteiger partial charge in [0, 0.05) is 0 Å². The summed E-state index contributed by atoms with van der Waals surface area (Å²) in [6, 6.07) is 4.59. The van der Waals surface area contributed by atoms with Crippen LogP contribution in [0.3, 0.4) is 0 Å². The minimum atomic E-state index is -1.17. The monoisotopic (exact) mass is 278 g/mol. The number of carbonyl (C=O) groups is 1. The molecule has 1 aromatic carbocycles. The first kappa shape index (κ1) is 13.4. The molecule has 0 bridgehead atoms. The fourth-order valence-electron chi connectivity index (χ4n) is 3.58. The highest BCUT2D eigenvalue weighted by molar-refractivity contribution is 6.04. The summed E-state index contributed by atoms with van der Waals surface area (Å²) < 4.78 is 5.84. The van der Waals surface area contributed by atoms with Crippen LogP contribution < -0.4 is 4.74 Å². The van der Waals surface area contributed by atoms with Gasteiger partial charge in [-0.25, -0.2) is 0 Å². The number of ether oxygens (including phenoxy) is 1. The molecule has 1 saturated carbocycles. The number of rotatable bonds is 0. The highest BCUT2D eigenvalue weighted by Gasteiger charge is 2.58. The van der Waals surface area contributed by atoms with Gasteiger partial charge in [0.2, 0.25) is 0 Å². The van der Waals surface area contributed by atoms with Crippen LogP contribution in [0.1, 0.15) is 30.6 Å². The number of hydrogen-bond acceptors (Lipinski definition) is 5. The third-order valence-electron chi connectivity index (χ3n) is 4.60. The molecule has 0 unspecified atom stereocenters. The molecule has 3 rings (SSSR count). The fourth-order valence-corrected chi connectivity index (χ4v) is 3.58. The predicted molar refractivity (Wildman–Crippen MR) is 70.8 cm³/mol. The fraction of sp³-hybridized carbons (Fsp3) is 0.533. The molecular formula is C15H18O5. The molecule has 5 heteroatoms. The second kappa shape index (κ2) is 4.20. The number of phenolic OH excluding ortho intramolecular Hbond substituents is 1. The highest BCUT2D eigenvalue weighted by Crippen LogP contribution is 2.48. The second-order valence-corrected chi connectivity index (χ2v) is 6.00. The maximum Gasteiger partial charge on any atom is 0.180 e. The Hall–Kier alpha value is -1.59. The topological polar surface area (TPSA) is 87.0 Å². The van der Waals surface area contributed by atoms with Crippen LogP contribution in [0.4, 0.5) is 0 Å². The van der Waals surface area contributed by atoms with Crippen molar-refractivity contribution in [2.75, 3.05) is 0 Å². The van der Waals surface area contributed by atoms with Crippen LogP contribution in [0.2, 0.25) is 0 Å². The Morgan fingerprint density at radius 1 is 1.35 bits per heavy atom. The molecule has 108 valence electrons. The van der Waals surface area contributed by atoms with Gasteiger partial charge in [0.25, 0.3) is 0 Å². The minimum absolute atomic E-state index is 0.0933. The largest absolute Gasteiger partial charge is 0.507 e. The molecule has 1 aliphatic carbocycles. The number of aromatic hydroxyl groups is 1. The van der Waals surface area contributed by atoms with Crippen molar-refractivity contribution in [3.63, 3.8) is 0 Å².